The van der Waals surface area contributed by atoms with Gasteiger partial charge in [-0.2, -0.15) is 0 Å². The Kier molecular flexibility index (Phi) is 6.22. The summed E-state index contributed by atoms with van der Waals surface area (Å²) >= 11 is 0. The molecule has 0 unspecified atom stereocenters. The van der Waals surface area contributed by atoms with Gasteiger partial charge in [0.2, 0.25) is 0 Å². The van der Waals surface area contributed by atoms with Crippen LogP contribution in [0, 0.1) is 0 Å². The summed E-state index contributed by atoms with van der Waals surface area (Å²) in [5, 5.41) is 0.418. The molecule has 0 aliphatic carbocycles. The number of H-pyrrole nitrogens is 1. The van der Waals surface area contributed by atoms with Gasteiger partial charge in [0.15, 0.2) is 0 Å². The van der Waals surface area contributed by atoms with E-state index in [1.54, 1.807) is 29.3 Å². The second-order valence-electron chi connectivity index (χ2n) is 8.60. The highest BCUT2D eigenvalue weighted by molar-refractivity contribution is 6.45. The summed E-state index contributed by atoms with van der Waals surface area (Å²) < 4.78 is 5.45. The van der Waals surface area contributed by atoms with Crippen LogP contribution in [-0.4, -0.2) is 85.1 Å². The number of anilines is 1. The standard InChI is InChI=1S/C25H24N8O4/c1-14-13-32(7-8-33(14)24(35)16-5-3-4-6-27-16)25(36)23(34)15-9-30-22-20(15)18(37-2)11-31-21(22)17-10-29-19(26)12-28-17/h3-6,9-12,14,30H,7-8,13H2,1-2H3,(H2,26,29)/t14-/m1/s1. The minimum absolute atomic E-state index is 0.156. The van der Waals surface area contributed by atoms with Gasteiger partial charge >= 0.3 is 0 Å². The van der Waals surface area contributed by atoms with Gasteiger partial charge in [-0.1, -0.05) is 6.07 Å². The number of hydrogen-bond acceptors (Lipinski definition) is 9. The summed E-state index contributed by atoms with van der Waals surface area (Å²) in [5.74, 6) is -0.970. The number of carbonyl (C=O) groups excluding carboxylic acids is 3. The maximum atomic E-state index is 13.4. The first-order chi connectivity index (χ1) is 17.9. The Morgan fingerprint density at radius 3 is 2.59 bits per heavy atom. The topological polar surface area (TPSA) is 160 Å². The van der Waals surface area contributed by atoms with Crippen LogP contribution in [0.4, 0.5) is 5.82 Å². The summed E-state index contributed by atoms with van der Waals surface area (Å²) in [5.41, 5.74) is 7.49. The molecule has 12 nitrogen and oxygen atoms in total. The lowest BCUT2D eigenvalue weighted by Gasteiger charge is -2.39. The van der Waals surface area contributed by atoms with E-state index in [9.17, 15) is 14.4 Å². The fourth-order valence-corrected chi connectivity index (χ4v) is 4.45. The van der Waals surface area contributed by atoms with Gasteiger partial charge in [-0.15, -0.1) is 0 Å². The lowest BCUT2D eigenvalue weighted by molar-refractivity contribution is -0.128. The van der Waals surface area contributed by atoms with Crippen LogP contribution in [0.15, 0.2) is 49.2 Å². The van der Waals surface area contributed by atoms with E-state index in [4.69, 9.17) is 10.5 Å². The maximum absolute atomic E-state index is 13.4. The third-order valence-corrected chi connectivity index (χ3v) is 6.31. The number of aromatic nitrogens is 5. The first kappa shape index (κ1) is 23.9. The number of nitrogens with zero attached hydrogens (tertiary/aromatic N) is 6. The molecule has 3 N–H and O–H groups in total. The number of rotatable bonds is 5. The SMILES string of the molecule is COc1cnc(-c2cnc(N)cn2)c2[nH]cc(C(=O)C(=O)N3CCN(C(=O)c4ccccn4)[C@H](C)C3)c12. The molecule has 0 aromatic carbocycles. The lowest BCUT2D eigenvalue weighted by Crippen LogP contribution is -2.56. The third kappa shape index (κ3) is 4.33. The van der Waals surface area contributed by atoms with Gasteiger partial charge in [0.25, 0.3) is 17.6 Å². The van der Waals surface area contributed by atoms with E-state index >= 15 is 0 Å². The Balaban J connectivity index is 1.40. The van der Waals surface area contributed by atoms with Crippen LogP contribution in [0.25, 0.3) is 22.3 Å². The van der Waals surface area contributed by atoms with E-state index in [2.05, 4.69) is 24.9 Å². The molecular weight excluding hydrogens is 476 g/mol. The third-order valence-electron chi connectivity index (χ3n) is 6.31. The van der Waals surface area contributed by atoms with Crippen LogP contribution in [0.2, 0.25) is 0 Å². The molecule has 2 amide bonds. The second-order valence-corrected chi connectivity index (χ2v) is 8.60. The number of carbonyl (C=O) groups is 3. The molecule has 188 valence electrons. The Hall–Kier alpha value is -4.87. The Morgan fingerprint density at radius 2 is 1.92 bits per heavy atom. The monoisotopic (exact) mass is 500 g/mol. The quantitative estimate of drug-likeness (QED) is 0.306. The molecule has 1 fully saturated rings. The zero-order chi connectivity index (χ0) is 26.1. The van der Waals surface area contributed by atoms with E-state index in [0.717, 1.165) is 0 Å². The van der Waals surface area contributed by atoms with Crippen molar-refractivity contribution >= 4 is 34.3 Å². The summed E-state index contributed by atoms with van der Waals surface area (Å²) in [6.07, 6.45) is 7.38. The molecule has 5 heterocycles. The average molecular weight is 501 g/mol. The molecule has 0 saturated carbocycles. The van der Waals surface area contributed by atoms with Crippen molar-refractivity contribution in [3.05, 3.63) is 60.4 Å². The largest absolute Gasteiger partial charge is 0.494 e. The number of aromatic amines is 1. The zero-order valence-electron chi connectivity index (χ0n) is 20.2. The minimum Gasteiger partial charge on any atom is -0.494 e. The molecule has 0 radical (unpaired) electrons. The molecule has 0 spiro atoms. The van der Waals surface area contributed by atoms with Crippen LogP contribution in [0.5, 0.6) is 5.75 Å². The number of fused-ring (bicyclic) bond motifs is 1. The summed E-state index contributed by atoms with van der Waals surface area (Å²) in [7, 11) is 1.46. The predicted octanol–water partition coefficient (Wildman–Crippen LogP) is 1.56. The molecule has 1 saturated heterocycles. The van der Waals surface area contributed by atoms with Crippen LogP contribution < -0.4 is 10.5 Å². The smallest absolute Gasteiger partial charge is 0.295 e. The maximum Gasteiger partial charge on any atom is 0.295 e. The molecule has 1 aliphatic rings. The lowest BCUT2D eigenvalue weighted by atomic mass is 10.1. The molecule has 12 heteroatoms. The van der Waals surface area contributed by atoms with E-state index < -0.39 is 11.7 Å². The molecular formula is C25H24N8O4. The average Bonchev–Trinajstić information content (AvgIpc) is 3.38. The number of hydrogen-bond donors (Lipinski definition) is 2. The number of nitrogens with two attached hydrogens (primary N) is 1. The van der Waals surface area contributed by atoms with E-state index in [1.165, 1.54) is 36.8 Å². The molecule has 1 aliphatic heterocycles. The number of methoxy groups -OCH3 is 1. The fraction of sp³-hybridized carbons (Fsp3) is 0.240. The van der Waals surface area contributed by atoms with Gasteiger partial charge in [0, 0.05) is 38.1 Å². The van der Waals surface area contributed by atoms with Gasteiger partial charge in [0.1, 0.15) is 28.6 Å². The Bertz CT molecular complexity index is 1490. The highest BCUT2D eigenvalue weighted by atomic mass is 16.5. The van der Waals surface area contributed by atoms with Gasteiger partial charge in [-0.05, 0) is 19.1 Å². The van der Waals surface area contributed by atoms with E-state index in [1.807, 2.05) is 6.92 Å². The van der Waals surface area contributed by atoms with E-state index in [-0.39, 0.29) is 43.0 Å². The van der Waals surface area contributed by atoms with Crippen molar-refractivity contribution in [2.24, 2.45) is 0 Å². The highest BCUT2D eigenvalue weighted by Gasteiger charge is 2.34. The second kappa shape index (κ2) is 9.64. The van der Waals surface area contributed by atoms with Gasteiger partial charge in [-0.25, -0.2) is 15.0 Å². The van der Waals surface area contributed by atoms with Crippen molar-refractivity contribution < 1.29 is 19.1 Å². The van der Waals surface area contributed by atoms with Crippen molar-refractivity contribution in [2.75, 3.05) is 32.5 Å². The van der Waals surface area contributed by atoms with Crippen molar-refractivity contribution in [3.63, 3.8) is 0 Å². The van der Waals surface area contributed by atoms with Crippen molar-refractivity contribution in [2.45, 2.75) is 13.0 Å². The number of piperazine rings is 1. The summed E-state index contributed by atoms with van der Waals surface area (Å²) in [4.78, 5) is 62.5. The molecule has 4 aromatic heterocycles. The normalized spacial score (nSPS) is 15.6. The zero-order valence-corrected chi connectivity index (χ0v) is 20.2. The van der Waals surface area contributed by atoms with Gasteiger partial charge < -0.3 is 25.3 Å². The van der Waals surface area contributed by atoms with Gasteiger partial charge in [0.05, 0.1) is 42.2 Å². The van der Waals surface area contributed by atoms with Crippen molar-refractivity contribution in [3.8, 4) is 17.1 Å². The van der Waals surface area contributed by atoms with Crippen LogP contribution in [-0.2, 0) is 4.79 Å². The molecule has 5 rings (SSSR count). The minimum atomic E-state index is -0.693. The number of pyridine rings is 2. The van der Waals surface area contributed by atoms with Crippen molar-refractivity contribution in [1.29, 1.82) is 0 Å². The molecule has 4 aromatic rings. The first-order valence-corrected chi connectivity index (χ1v) is 11.6. The Labute approximate surface area is 211 Å². The Morgan fingerprint density at radius 1 is 1.08 bits per heavy atom. The highest BCUT2D eigenvalue weighted by Crippen LogP contribution is 2.34. The van der Waals surface area contributed by atoms with Crippen LogP contribution >= 0.6 is 0 Å². The summed E-state index contributed by atoms with van der Waals surface area (Å²) in [6.45, 7) is 2.57. The number of Topliss-reactive ketones (excluding diaryl/α,β-unsaturated/α-hetero) is 1. The van der Waals surface area contributed by atoms with Crippen molar-refractivity contribution in [1.82, 2.24) is 34.7 Å². The molecule has 0 bridgehead atoms. The predicted molar refractivity (Wildman–Crippen MR) is 134 cm³/mol. The number of amides is 2. The fourth-order valence-electron chi connectivity index (χ4n) is 4.45. The molecule has 1 atom stereocenters. The van der Waals surface area contributed by atoms with Crippen LogP contribution in [0.1, 0.15) is 27.8 Å². The molecule has 37 heavy (non-hydrogen) atoms. The van der Waals surface area contributed by atoms with Crippen LogP contribution in [0.3, 0.4) is 0 Å². The summed E-state index contributed by atoms with van der Waals surface area (Å²) in [6, 6.07) is 4.85. The number of ether oxygens (including phenoxy) is 1. The number of nitrogens with one attached hydrogen (secondary N) is 1. The van der Waals surface area contributed by atoms with Gasteiger partial charge in [-0.3, -0.25) is 19.4 Å². The first-order valence-electron chi connectivity index (χ1n) is 11.6. The number of nitrogen functional groups attached to an aromatic ring is 1. The van der Waals surface area contributed by atoms with E-state index in [0.29, 0.717) is 33.7 Å². The number of ketones is 1.